The normalized spacial score (nSPS) is 13.4. The molecular formula is C24H23FN6O2. The van der Waals surface area contributed by atoms with E-state index in [4.69, 9.17) is 4.52 Å². The molecular weight excluding hydrogens is 423 g/mol. The van der Waals surface area contributed by atoms with E-state index in [1.165, 1.54) is 18.6 Å². The van der Waals surface area contributed by atoms with Crippen molar-refractivity contribution in [2.45, 2.75) is 45.1 Å². The highest BCUT2D eigenvalue weighted by molar-refractivity contribution is 5.91. The van der Waals surface area contributed by atoms with Gasteiger partial charge in [0, 0.05) is 42.6 Å². The zero-order chi connectivity index (χ0) is 22.6. The smallest absolute Gasteiger partial charge is 0.227 e. The number of nitrogens with zero attached hydrogens (tertiary/aromatic N) is 5. The zero-order valence-electron chi connectivity index (χ0n) is 18.0. The number of benzene rings is 2. The van der Waals surface area contributed by atoms with Gasteiger partial charge in [-0.05, 0) is 49.2 Å². The number of fused-ring (bicyclic) bond motifs is 1. The van der Waals surface area contributed by atoms with Crippen LogP contribution in [0.1, 0.15) is 37.4 Å². The van der Waals surface area contributed by atoms with Gasteiger partial charge >= 0.3 is 0 Å². The number of hydrogen-bond acceptors (Lipinski definition) is 6. The van der Waals surface area contributed by atoms with E-state index < -0.39 is 0 Å². The molecule has 1 aliphatic rings. The largest absolute Gasteiger partial charge is 0.339 e. The Morgan fingerprint density at radius 3 is 2.82 bits per heavy atom. The Bertz CT molecular complexity index is 1260. The van der Waals surface area contributed by atoms with Crippen LogP contribution in [0.3, 0.4) is 0 Å². The number of anilines is 1. The number of rotatable bonds is 6. The molecule has 2 aromatic carbocycles. The lowest BCUT2D eigenvalue weighted by Gasteiger charge is -2.09. The molecule has 0 saturated heterocycles. The van der Waals surface area contributed by atoms with Crippen LogP contribution in [-0.2, 0) is 24.2 Å². The summed E-state index contributed by atoms with van der Waals surface area (Å²) in [6, 6.07) is 13.5. The van der Waals surface area contributed by atoms with Crippen LogP contribution in [0, 0.1) is 5.82 Å². The summed E-state index contributed by atoms with van der Waals surface area (Å²) in [5, 5.41) is 15.6. The summed E-state index contributed by atoms with van der Waals surface area (Å²) >= 11 is 0. The van der Waals surface area contributed by atoms with Crippen LogP contribution < -0.4 is 5.32 Å². The first-order valence-electron chi connectivity index (χ1n) is 11.1. The highest BCUT2D eigenvalue weighted by Gasteiger charge is 2.17. The molecule has 4 aromatic rings. The number of hydrogen-bond donors (Lipinski definition) is 1. The topological polar surface area (TPSA) is 98.7 Å². The average molecular weight is 446 g/mol. The highest BCUT2D eigenvalue weighted by Crippen LogP contribution is 2.25. The Morgan fingerprint density at radius 1 is 1.06 bits per heavy atom. The maximum Gasteiger partial charge on any atom is 0.227 e. The van der Waals surface area contributed by atoms with Crippen molar-refractivity contribution in [3.05, 3.63) is 66.1 Å². The number of carbonyl (C=O) groups excluding carboxylic acids is 1. The van der Waals surface area contributed by atoms with Crippen LogP contribution in [-0.4, -0.2) is 30.8 Å². The average Bonchev–Trinajstić information content (AvgIpc) is 3.39. The molecule has 0 saturated carbocycles. The first kappa shape index (κ1) is 21.0. The molecule has 0 fully saturated rings. The van der Waals surface area contributed by atoms with Gasteiger partial charge in [-0.3, -0.25) is 4.79 Å². The summed E-state index contributed by atoms with van der Waals surface area (Å²) in [6.07, 6.45) is 4.89. The molecule has 1 aliphatic heterocycles. The fourth-order valence-corrected chi connectivity index (χ4v) is 3.95. The molecule has 0 aliphatic carbocycles. The Labute approximate surface area is 189 Å². The third-order valence-electron chi connectivity index (χ3n) is 5.65. The van der Waals surface area contributed by atoms with E-state index in [1.807, 2.05) is 24.3 Å². The second-order valence-electron chi connectivity index (χ2n) is 8.05. The predicted molar refractivity (Wildman–Crippen MR) is 120 cm³/mol. The fourth-order valence-electron chi connectivity index (χ4n) is 3.95. The Hall–Kier alpha value is -3.88. The molecule has 9 heteroatoms. The van der Waals surface area contributed by atoms with Crippen molar-refractivity contribution in [3.8, 4) is 22.8 Å². The third kappa shape index (κ3) is 4.82. The highest BCUT2D eigenvalue weighted by atomic mass is 19.1. The summed E-state index contributed by atoms with van der Waals surface area (Å²) in [6.45, 7) is 0.915. The molecule has 0 radical (unpaired) electrons. The van der Waals surface area contributed by atoms with Gasteiger partial charge in [0.25, 0.3) is 0 Å². The number of amides is 1. The minimum atomic E-state index is -0.331. The van der Waals surface area contributed by atoms with Gasteiger partial charge < -0.3 is 14.4 Å². The Morgan fingerprint density at radius 2 is 1.94 bits per heavy atom. The van der Waals surface area contributed by atoms with Crippen molar-refractivity contribution >= 4 is 11.6 Å². The van der Waals surface area contributed by atoms with Crippen molar-refractivity contribution in [1.29, 1.82) is 0 Å². The van der Waals surface area contributed by atoms with Gasteiger partial charge in [0.15, 0.2) is 5.82 Å². The monoisotopic (exact) mass is 446 g/mol. The maximum absolute atomic E-state index is 13.1. The quantitative estimate of drug-likeness (QED) is 0.470. The van der Waals surface area contributed by atoms with Crippen LogP contribution in [0.4, 0.5) is 10.1 Å². The van der Waals surface area contributed by atoms with Crippen LogP contribution in [0.2, 0.25) is 0 Å². The van der Waals surface area contributed by atoms with E-state index in [0.29, 0.717) is 29.4 Å². The second kappa shape index (κ2) is 9.32. The SMILES string of the molecule is O=C(CCc1nc(-c2ccc(F)cc2)no1)Nc1cccc(-c2nnc3n2CCCCC3)c1. The van der Waals surface area contributed by atoms with Gasteiger partial charge in [-0.25, -0.2) is 4.39 Å². The van der Waals surface area contributed by atoms with Gasteiger partial charge in [0.2, 0.25) is 17.6 Å². The molecule has 0 spiro atoms. The number of aryl methyl sites for hydroxylation is 2. The van der Waals surface area contributed by atoms with Crippen molar-refractivity contribution < 1.29 is 13.7 Å². The molecule has 5 rings (SSSR count). The summed E-state index contributed by atoms with van der Waals surface area (Å²) < 4.78 is 20.5. The van der Waals surface area contributed by atoms with Crippen molar-refractivity contribution in [1.82, 2.24) is 24.9 Å². The maximum atomic E-state index is 13.1. The van der Waals surface area contributed by atoms with Gasteiger partial charge in [-0.15, -0.1) is 10.2 Å². The molecule has 1 N–H and O–H groups in total. The second-order valence-corrected chi connectivity index (χ2v) is 8.05. The van der Waals surface area contributed by atoms with Gasteiger partial charge in [0.1, 0.15) is 11.6 Å². The number of aromatic nitrogens is 5. The summed E-state index contributed by atoms with van der Waals surface area (Å²) in [4.78, 5) is 16.8. The number of nitrogens with one attached hydrogen (secondary N) is 1. The Kier molecular flexibility index (Phi) is 5.93. The Balaban J connectivity index is 1.22. The number of halogens is 1. The summed E-state index contributed by atoms with van der Waals surface area (Å²) in [5.41, 5.74) is 2.27. The first-order chi connectivity index (χ1) is 16.2. The third-order valence-corrected chi connectivity index (χ3v) is 5.65. The molecule has 0 unspecified atom stereocenters. The number of carbonyl (C=O) groups is 1. The lowest BCUT2D eigenvalue weighted by Crippen LogP contribution is -2.12. The van der Waals surface area contributed by atoms with Gasteiger partial charge in [-0.2, -0.15) is 4.98 Å². The molecule has 3 heterocycles. The van der Waals surface area contributed by atoms with Crippen molar-refractivity contribution in [3.63, 3.8) is 0 Å². The van der Waals surface area contributed by atoms with Crippen LogP contribution in [0.15, 0.2) is 53.1 Å². The van der Waals surface area contributed by atoms with Crippen LogP contribution in [0.5, 0.6) is 0 Å². The predicted octanol–water partition coefficient (Wildman–Crippen LogP) is 4.43. The molecule has 33 heavy (non-hydrogen) atoms. The van der Waals surface area contributed by atoms with E-state index >= 15 is 0 Å². The van der Waals surface area contributed by atoms with E-state index in [0.717, 1.165) is 43.0 Å². The zero-order valence-corrected chi connectivity index (χ0v) is 18.0. The molecule has 0 bridgehead atoms. The standard InChI is InChI=1S/C24H23FN6O2/c25-18-10-8-16(9-11-18)23-27-22(33-30-23)13-12-21(32)26-19-6-4-5-17(15-19)24-29-28-20-7-2-1-3-14-31(20)24/h4-6,8-11,15H,1-3,7,12-14H2,(H,26,32). The minimum Gasteiger partial charge on any atom is -0.339 e. The summed E-state index contributed by atoms with van der Waals surface area (Å²) in [7, 11) is 0. The van der Waals surface area contributed by atoms with Crippen molar-refractivity contribution in [2.24, 2.45) is 0 Å². The molecule has 8 nitrogen and oxygen atoms in total. The lowest BCUT2D eigenvalue weighted by molar-refractivity contribution is -0.116. The van der Waals surface area contributed by atoms with E-state index in [1.54, 1.807) is 12.1 Å². The van der Waals surface area contributed by atoms with E-state index in [2.05, 4.69) is 30.2 Å². The van der Waals surface area contributed by atoms with Gasteiger partial charge in [-0.1, -0.05) is 23.7 Å². The van der Waals surface area contributed by atoms with Crippen LogP contribution >= 0.6 is 0 Å². The molecule has 168 valence electrons. The lowest BCUT2D eigenvalue weighted by atomic mass is 10.1. The molecule has 1 amide bonds. The van der Waals surface area contributed by atoms with Crippen molar-refractivity contribution in [2.75, 3.05) is 5.32 Å². The van der Waals surface area contributed by atoms with E-state index in [9.17, 15) is 9.18 Å². The van der Waals surface area contributed by atoms with Crippen LogP contribution in [0.25, 0.3) is 22.8 Å². The fraction of sp³-hybridized carbons (Fsp3) is 0.292. The van der Waals surface area contributed by atoms with E-state index in [-0.39, 0.29) is 18.1 Å². The first-order valence-corrected chi connectivity index (χ1v) is 11.1. The summed E-state index contributed by atoms with van der Waals surface area (Å²) in [5.74, 6) is 2.09. The molecule has 2 aromatic heterocycles. The minimum absolute atomic E-state index is 0.159. The van der Waals surface area contributed by atoms with Gasteiger partial charge in [0.05, 0.1) is 0 Å². The molecule has 0 atom stereocenters.